The summed E-state index contributed by atoms with van der Waals surface area (Å²) in [5.41, 5.74) is 2.04. The second-order valence-corrected chi connectivity index (χ2v) is 9.48. The normalized spacial score (nSPS) is 13.4. The van der Waals surface area contributed by atoms with Crippen LogP contribution in [0.1, 0.15) is 38.3 Å². The van der Waals surface area contributed by atoms with Crippen LogP contribution in [0.25, 0.3) is 0 Å². The Balaban J connectivity index is 1.70. The summed E-state index contributed by atoms with van der Waals surface area (Å²) in [4.78, 5) is 0. The fourth-order valence-corrected chi connectivity index (χ4v) is 6.47. The largest absolute Gasteiger partial charge is 0.310 e. The monoisotopic (exact) mass is 375 g/mol. The van der Waals surface area contributed by atoms with Gasteiger partial charge in [0.15, 0.2) is 0 Å². The Bertz CT molecular complexity index is 734. The maximum absolute atomic E-state index is 3.73. The van der Waals surface area contributed by atoms with Crippen LogP contribution in [0.2, 0.25) is 0 Å². The molecule has 0 aliphatic heterocycles. The summed E-state index contributed by atoms with van der Waals surface area (Å²) >= 11 is 0. The lowest BCUT2D eigenvalue weighted by Crippen LogP contribution is -2.27. The molecule has 0 saturated heterocycles. The lowest BCUT2D eigenvalue weighted by Gasteiger charge is -2.28. The van der Waals surface area contributed by atoms with E-state index in [9.17, 15) is 0 Å². The topological polar surface area (TPSA) is 12.0 Å². The zero-order chi connectivity index (χ0) is 18.9. The van der Waals surface area contributed by atoms with E-state index in [0.717, 1.165) is 6.54 Å². The first-order valence-electron chi connectivity index (χ1n) is 9.97. The summed E-state index contributed by atoms with van der Waals surface area (Å²) in [6.45, 7) is 5.65. The van der Waals surface area contributed by atoms with Crippen LogP contribution in [0.3, 0.4) is 0 Å². The van der Waals surface area contributed by atoms with E-state index in [2.05, 4.69) is 110 Å². The Morgan fingerprint density at radius 1 is 0.741 bits per heavy atom. The molecule has 2 atom stereocenters. The van der Waals surface area contributed by atoms with Crippen molar-refractivity contribution >= 4 is 18.5 Å². The maximum atomic E-state index is 3.73. The number of rotatable bonds is 9. The fourth-order valence-electron chi connectivity index (χ4n) is 3.59. The molecule has 0 saturated carbocycles. The van der Waals surface area contributed by atoms with Crippen LogP contribution in [0.5, 0.6) is 0 Å². The molecule has 3 aromatic rings. The second kappa shape index (κ2) is 10.4. The molecule has 3 rings (SSSR count). The van der Waals surface area contributed by atoms with Crippen LogP contribution in [0.4, 0.5) is 0 Å². The number of hydrogen-bond acceptors (Lipinski definition) is 1. The molecule has 0 radical (unpaired) electrons. The highest BCUT2D eigenvalue weighted by atomic mass is 31.1. The molecule has 0 aliphatic rings. The SMILES string of the molecule is CC[C@@H](CCN[C@@H](C)c1ccccc1)P(c1ccccc1)c1ccccc1. The molecule has 3 aromatic carbocycles. The zero-order valence-corrected chi connectivity index (χ0v) is 17.3. The van der Waals surface area contributed by atoms with Crippen molar-refractivity contribution < 1.29 is 0 Å². The molecular weight excluding hydrogens is 345 g/mol. The Morgan fingerprint density at radius 2 is 1.22 bits per heavy atom. The third-order valence-corrected chi connectivity index (χ3v) is 8.20. The summed E-state index contributed by atoms with van der Waals surface area (Å²) < 4.78 is 0. The van der Waals surface area contributed by atoms with Crippen LogP contribution in [0.15, 0.2) is 91.0 Å². The fraction of sp³-hybridized carbons (Fsp3) is 0.280. The number of hydrogen-bond donors (Lipinski definition) is 1. The minimum absolute atomic E-state index is 0.340. The van der Waals surface area contributed by atoms with Crippen molar-refractivity contribution in [1.82, 2.24) is 5.32 Å². The van der Waals surface area contributed by atoms with Gasteiger partial charge in [0.2, 0.25) is 0 Å². The predicted molar refractivity (Wildman–Crippen MR) is 121 cm³/mol. The highest BCUT2D eigenvalue weighted by molar-refractivity contribution is 7.73. The van der Waals surface area contributed by atoms with Crippen molar-refractivity contribution in [3.05, 3.63) is 96.6 Å². The molecule has 0 fully saturated rings. The van der Waals surface area contributed by atoms with Gasteiger partial charge >= 0.3 is 0 Å². The molecule has 1 N–H and O–H groups in total. The van der Waals surface area contributed by atoms with E-state index in [1.165, 1.54) is 29.0 Å². The van der Waals surface area contributed by atoms with Crippen molar-refractivity contribution in [3.63, 3.8) is 0 Å². The molecule has 0 unspecified atom stereocenters. The molecule has 0 bridgehead atoms. The predicted octanol–water partition coefficient (Wildman–Crippen LogP) is 5.64. The average Bonchev–Trinajstić information content (AvgIpc) is 2.75. The highest BCUT2D eigenvalue weighted by Gasteiger charge is 2.23. The molecule has 0 amide bonds. The molecule has 140 valence electrons. The van der Waals surface area contributed by atoms with Gasteiger partial charge in [0.05, 0.1) is 0 Å². The first-order valence-corrected chi connectivity index (χ1v) is 11.4. The van der Waals surface area contributed by atoms with E-state index >= 15 is 0 Å². The van der Waals surface area contributed by atoms with Crippen LogP contribution < -0.4 is 15.9 Å². The van der Waals surface area contributed by atoms with Crippen molar-refractivity contribution in [2.45, 2.75) is 38.4 Å². The Morgan fingerprint density at radius 3 is 1.70 bits per heavy atom. The minimum atomic E-state index is -0.340. The highest BCUT2D eigenvalue weighted by Crippen LogP contribution is 2.42. The maximum Gasteiger partial charge on any atom is 0.0291 e. The van der Waals surface area contributed by atoms with Gasteiger partial charge < -0.3 is 5.32 Å². The van der Waals surface area contributed by atoms with Crippen molar-refractivity contribution in [2.24, 2.45) is 0 Å². The molecular formula is C25H30NP. The van der Waals surface area contributed by atoms with E-state index in [4.69, 9.17) is 0 Å². The van der Waals surface area contributed by atoms with Gasteiger partial charge in [0.25, 0.3) is 0 Å². The molecule has 27 heavy (non-hydrogen) atoms. The van der Waals surface area contributed by atoms with Gasteiger partial charge in [0, 0.05) is 6.04 Å². The van der Waals surface area contributed by atoms with Gasteiger partial charge in [-0.2, -0.15) is 0 Å². The second-order valence-electron chi connectivity index (χ2n) is 6.98. The average molecular weight is 375 g/mol. The van der Waals surface area contributed by atoms with Crippen molar-refractivity contribution in [1.29, 1.82) is 0 Å². The zero-order valence-electron chi connectivity index (χ0n) is 16.4. The molecule has 2 heteroatoms. The number of benzene rings is 3. The lowest BCUT2D eigenvalue weighted by molar-refractivity contribution is 0.547. The Kier molecular flexibility index (Phi) is 7.63. The van der Waals surface area contributed by atoms with Gasteiger partial charge in [-0.1, -0.05) is 97.9 Å². The van der Waals surface area contributed by atoms with Gasteiger partial charge in [-0.3, -0.25) is 0 Å². The summed E-state index contributed by atoms with van der Waals surface area (Å²) in [6.07, 6.45) is 2.40. The van der Waals surface area contributed by atoms with Gasteiger partial charge in [-0.25, -0.2) is 0 Å². The van der Waals surface area contributed by atoms with E-state index in [1.54, 1.807) is 0 Å². The minimum Gasteiger partial charge on any atom is -0.310 e. The summed E-state index contributed by atoms with van der Waals surface area (Å²) in [6, 6.07) is 33.3. The molecule has 0 aliphatic carbocycles. The Hall–Kier alpha value is -1.95. The van der Waals surface area contributed by atoms with E-state index in [-0.39, 0.29) is 7.92 Å². The van der Waals surface area contributed by atoms with Crippen LogP contribution in [-0.2, 0) is 0 Å². The first kappa shape index (κ1) is 19.8. The van der Waals surface area contributed by atoms with Crippen LogP contribution in [-0.4, -0.2) is 12.2 Å². The smallest absolute Gasteiger partial charge is 0.0291 e. The van der Waals surface area contributed by atoms with Gasteiger partial charge in [-0.15, -0.1) is 0 Å². The first-order chi connectivity index (χ1) is 13.3. The van der Waals surface area contributed by atoms with E-state index in [1.807, 2.05) is 0 Å². The van der Waals surface area contributed by atoms with Crippen molar-refractivity contribution in [3.8, 4) is 0 Å². The number of nitrogens with one attached hydrogen (secondary N) is 1. The summed E-state index contributed by atoms with van der Waals surface area (Å²) in [5.74, 6) is 0. The van der Waals surface area contributed by atoms with Crippen LogP contribution in [0, 0.1) is 0 Å². The quantitative estimate of drug-likeness (QED) is 0.477. The third-order valence-electron chi connectivity index (χ3n) is 5.13. The standard InChI is InChI=1S/C25H30NP/c1-3-23(19-20-26-21(2)22-13-7-4-8-14-22)27(24-15-9-5-10-16-24)25-17-11-6-12-18-25/h4-18,21,23,26H,3,19-20H2,1-2H3/t21-,23-/m0/s1. The van der Waals surface area contributed by atoms with Crippen molar-refractivity contribution in [2.75, 3.05) is 6.54 Å². The van der Waals surface area contributed by atoms with E-state index < -0.39 is 0 Å². The molecule has 0 aromatic heterocycles. The summed E-state index contributed by atoms with van der Waals surface area (Å²) in [5, 5.41) is 6.71. The van der Waals surface area contributed by atoms with Gasteiger partial charge in [-0.05, 0) is 56.1 Å². The Labute approximate surface area is 165 Å². The third kappa shape index (κ3) is 5.51. The lowest BCUT2D eigenvalue weighted by atomic mass is 10.1. The van der Waals surface area contributed by atoms with E-state index in [0.29, 0.717) is 11.7 Å². The summed E-state index contributed by atoms with van der Waals surface area (Å²) in [7, 11) is -0.340. The molecule has 1 nitrogen and oxygen atoms in total. The molecule has 0 heterocycles. The van der Waals surface area contributed by atoms with Gasteiger partial charge in [0.1, 0.15) is 0 Å². The van der Waals surface area contributed by atoms with Crippen LogP contribution >= 0.6 is 7.92 Å². The molecule has 0 spiro atoms.